The van der Waals surface area contributed by atoms with E-state index in [0.717, 1.165) is 11.6 Å². The highest BCUT2D eigenvalue weighted by Crippen LogP contribution is 2.29. The summed E-state index contributed by atoms with van der Waals surface area (Å²) in [6.45, 7) is 3.75. The van der Waals surface area contributed by atoms with Gasteiger partial charge < -0.3 is 15.4 Å². The molecule has 1 aliphatic heterocycles. The summed E-state index contributed by atoms with van der Waals surface area (Å²) in [7, 11) is 1.40. The van der Waals surface area contributed by atoms with Crippen LogP contribution in [0.4, 0.5) is 10.1 Å². The average molecular weight is 421 g/mol. The van der Waals surface area contributed by atoms with E-state index >= 15 is 0 Å². The molecule has 2 N–H and O–H groups in total. The van der Waals surface area contributed by atoms with Gasteiger partial charge in [0.25, 0.3) is 5.91 Å². The molecular weight excluding hydrogens is 403 g/mol. The van der Waals surface area contributed by atoms with E-state index in [1.165, 1.54) is 31.0 Å². The van der Waals surface area contributed by atoms with Crippen LogP contribution in [0, 0.1) is 5.82 Å². The number of hydrogen-bond donors (Lipinski definition) is 2. The third-order valence-electron chi connectivity index (χ3n) is 4.18. The Morgan fingerprint density at radius 2 is 2.18 bits per heavy atom. The number of rotatable bonds is 6. The van der Waals surface area contributed by atoms with Crippen molar-refractivity contribution in [1.82, 2.24) is 5.32 Å². The van der Waals surface area contributed by atoms with E-state index in [0.29, 0.717) is 17.0 Å². The van der Waals surface area contributed by atoms with E-state index < -0.39 is 17.8 Å². The first-order valence-corrected chi connectivity index (χ1v) is 9.67. The molecule has 2 unspecified atom stereocenters. The van der Waals surface area contributed by atoms with E-state index in [1.807, 2.05) is 6.07 Å². The van der Waals surface area contributed by atoms with E-state index in [1.54, 1.807) is 18.2 Å². The lowest BCUT2D eigenvalue weighted by atomic mass is 10.0. The third kappa shape index (κ3) is 4.73. The summed E-state index contributed by atoms with van der Waals surface area (Å²) in [4.78, 5) is 24.5. The van der Waals surface area contributed by atoms with Crippen molar-refractivity contribution in [2.45, 2.75) is 17.8 Å². The lowest BCUT2D eigenvalue weighted by Gasteiger charge is -2.17. The Hall–Kier alpha value is -2.35. The van der Waals surface area contributed by atoms with Crippen LogP contribution in [-0.4, -0.2) is 24.2 Å². The van der Waals surface area contributed by atoms with Gasteiger partial charge >= 0.3 is 0 Å². The van der Waals surface area contributed by atoms with Crippen molar-refractivity contribution in [2.24, 2.45) is 0 Å². The molecule has 28 heavy (non-hydrogen) atoms. The predicted octanol–water partition coefficient (Wildman–Crippen LogP) is 4.05. The molecule has 1 aliphatic rings. The maximum Gasteiger partial charge on any atom is 0.258 e. The molecule has 1 fully saturated rings. The van der Waals surface area contributed by atoms with Crippen molar-refractivity contribution in [3.05, 3.63) is 76.0 Å². The van der Waals surface area contributed by atoms with Crippen LogP contribution in [0.2, 0.25) is 5.02 Å². The Kier molecular flexibility index (Phi) is 6.39. The predicted molar refractivity (Wildman–Crippen MR) is 109 cm³/mol. The lowest BCUT2D eigenvalue weighted by Crippen LogP contribution is -2.24. The zero-order valence-electron chi connectivity index (χ0n) is 15.0. The van der Waals surface area contributed by atoms with Gasteiger partial charge in [0, 0.05) is 12.1 Å². The van der Waals surface area contributed by atoms with Crippen LogP contribution in [0.15, 0.2) is 54.1 Å². The van der Waals surface area contributed by atoms with Gasteiger partial charge in [-0.1, -0.05) is 54.2 Å². The molecule has 146 valence electrons. The van der Waals surface area contributed by atoms with Crippen molar-refractivity contribution in [2.75, 3.05) is 12.4 Å². The van der Waals surface area contributed by atoms with Crippen LogP contribution < -0.4 is 10.6 Å². The van der Waals surface area contributed by atoms with Gasteiger partial charge in [-0.25, -0.2) is 4.39 Å². The van der Waals surface area contributed by atoms with Gasteiger partial charge in [-0.2, -0.15) is 0 Å². The quantitative estimate of drug-likeness (QED) is 0.739. The second kappa shape index (κ2) is 8.77. The van der Waals surface area contributed by atoms with Gasteiger partial charge in [-0.05, 0) is 35.7 Å². The second-order valence-corrected chi connectivity index (χ2v) is 7.93. The van der Waals surface area contributed by atoms with Crippen molar-refractivity contribution >= 4 is 40.9 Å². The van der Waals surface area contributed by atoms with Gasteiger partial charge in [0.05, 0.1) is 16.0 Å². The Morgan fingerprint density at radius 3 is 2.82 bits per heavy atom. The van der Waals surface area contributed by atoms with E-state index in [9.17, 15) is 14.0 Å². The summed E-state index contributed by atoms with van der Waals surface area (Å²) in [5, 5.41) is 5.81. The summed E-state index contributed by atoms with van der Waals surface area (Å²) in [5.74, 6) is -1.23. The SMILES string of the molecule is C=C1NC(=O)C(Cc2cccc(C(OC)C(=O)Nc3ccc(Cl)cc3F)c2)S1. The molecule has 0 bridgehead atoms. The monoisotopic (exact) mass is 420 g/mol. The van der Waals surface area contributed by atoms with Gasteiger partial charge in [-0.15, -0.1) is 0 Å². The fourth-order valence-electron chi connectivity index (χ4n) is 2.89. The van der Waals surface area contributed by atoms with Crippen molar-refractivity contribution < 1.29 is 18.7 Å². The molecule has 2 aromatic rings. The molecule has 2 aromatic carbocycles. The van der Waals surface area contributed by atoms with Gasteiger partial charge in [-0.3, -0.25) is 9.59 Å². The van der Waals surface area contributed by atoms with Crippen LogP contribution >= 0.6 is 23.4 Å². The van der Waals surface area contributed by atoms with Crippen molar-refractivity contribution in [3.63, 3.8) is 0 Å². The Balaban J connectivity index is 1.75. The number of halogens is 2. The molecule has 3 rings (SSSR count). The summed E-state index contributed by atoms with van der Waals surface area (Å²) < 4.78 is 19.3. The average Bonchev–Trinajstić information content (AvgIpc) is 2.95. The van der Waals surface area contributed by atoms with E-state index in [4.69, 9.17) is 16.3 Å². The normalized spacial score (nSPS) is 17.3. The van der Waals surface area contributed by atoms with Crippen LogP contribution in [0.1, 0.15) is 17.2 Å². The molecule has 0 radical (unpaired) electrons. The van der Waals surface area contributed by atoms with Crippen LogP contribution in [0.25, 0.3) is 0 Å². The number of carbonyl (C=O) groups excluding carboxylic acids is 2. The molecule has 8 heteroatoms. The maximum atomic E-state index is 14.0. The summed E-state index contributed by atoms with van der Waals surface area (Å²) >= 11 is 7.11. The standard InChI is InChI=1S/C20H18ClFN2O3S/c1-11-23-19(25)17(28-11)9-12-4-3-5-13(8-12)18(27-2)20(26)24-16-7-6-14(21)10-15(16)22/h3-8,10,17-18H,1,9H2,2H3,(H,23,25)(H,24,26). The highest BCUT2D eigenvalue weighted by atomic mass is 35.5. The van der Waals surface area contributed by atoms with Crippen molar-refractivity contribution in [3.8, 4) is 0 Å². The number of carbonyl (C=O) groups is 2. The van der Waals surface area contributed by atoms with Gasteiger partial charge in [0.1, 0.15) is 5.82 Å². The zero-order chi connectivity index (χ0) is 20.3. The fraction of sp³-hybridized carbons (Fsp3) is 0.200. The Bertz CT molecular complexity index is 937. The van der Waals surface area contributed by atoms with Crippen LogP contribution in [0.3, 0.4) is 0 Å². The van der Waals surface area contributed by atoms with Crippen LogP contribution in [0.5, 0.6) is 0 Å². The van der Waals surface area contributed by atoms with Gasteiger partial charge in [0.15, 0.2) is 6.10 Å². The number of hydrogen-bond acceptors (Lipinski definition) is 4. The molecule has 0 saturated carbocycles. The molecule has 5 nitrogen and oxygen atoms in total. The lowest BCUT2D eigenvalue weighted by molar-refractivity contribution is -0.126. The Morgan fingerprint density at radius 1 is 1.39 bits per heavy atom. The molecule has 0 spiro atoms. The topological polar surface area (TPSA) is 67.4 Å². The third-order valence-corrected chi connectivity index (χ3v) is 5.46. The summed E-state index contributed by atoms with van der Waals surface area (Å²) in [5.41, 5.74) is 1.51. The molecule has 0 aromatic heterocycles. The number of anilines is 1. The number of thioether (sulfide) groups is 1. The first-order chi connectivity index (χ1) is 13.4. The van der Waals surface area contributed by atoms with E-state index in [-0.39, 0.29) is 21.9 Å². The molecular formula is C20H18ClFN2O3S. The van der Waals surface area contributed by atoms with Crippen molar-refractivity contribution in [1.29, 1.82) is 0 Å². The minimum Gasteiger partial charge on any atom is -0.367 e. The summed E-state index contributed by atoms with van der Waals surface area (Å²) in [6, 6.07) is 11.2. The van der Waals surface area contributed by atoms with Gasteiger partial charge in [0.2, 0.25) is 5.91 Å². The minimum atomic E-state index is -0.935. The number of methoxy groups -OCH3 is 1. The first kappa shape index (κ1) is 20.4. The molecule has 1 heterocycles. The second-order valence-electron chi connectivity index (χ2n) is 6.20. The van der Waals surface area contributed by atoms with E-state index in [2.05, 4.69) is 17.2 Å². The molecule has 2 amide bonds. The largest absolute Gasteiger partial charge is 0.367 e. The summed E-state index contributed by atoms with van der Waals surface area (Å²) in [6.07, 6.45) is -0.442. The number of ether oxygens (including phenoxy) is 1. The minimum absolute atomic E-state index is 0.0187. The first-order valence-electron chi connectivity index (χ1n) is 8.41. The number of amides is 2. The highest BCUT2D eigenvalue weighted by Gasteiger charge is 2.28. The number of nitrogens with one attached hydrogen (secondary N) is 2. The maximum absolute atomic E-state index is 14.0. The molecule has 2 atom stereocenters. The Labute approximate surface area is 171 Å². The van der Waals surface area contributed by atoms with Crippen LogP contribution in [-0.2, 0) is 20.7 Å². The zero-order valence-corrected chi connectivity index (χ0v) is 16.6. The smallest absolute Gasteiger partial charge is 0.258 e. The highest BCUT2D eigenvalue weighted by molar-refractivity contribution is 8.04. The fourth-order valence-corrected chi connectivity index (χ4v) is 3.99. The molecule has 0 aliphatic carbocycles. The molecule has 1 saturated heterocycles. The number of benzene rings is 2.